The minimum Gasteiger partial charge on any atom is -0.493 e. The molecule has 0 spiro atoms. The highest BCUT2D eigenvalue weighted by molar-refractivity contribution is 8.00. The van der Waals surface area contributed by atoms with Crippen molar-refractivity contribution in [3.05, 3.63) is 18.2 Å². The van der Waals surface area contributed by atoms with Crippen LogP contribution < -0.4 is 14.8 Å². The topological polar surface area (TPSA) is 47.6 Å². The Morgan fingerprint density at radius 1 is 1.24 bits per heavy atom. The summed E-state index contributed by atoms with van der Waals surface area (Å²) in [6.07, 6.45) is 4.67. The predicted molar refractivity (Wildman–Crippen MR) is 85.3 cm³/mol. The fourth-order valence-corrected chi connectivity index (χ4v) is 3.44. The molecule has 0 aliphatic heterocycles. The Kier molecular flexibility index (Phi) is 5.79. The van der Waals surface area contributed by atoms with Crippen LogP contribution in [0.5, 0.6) is 11.5 Å². The molecule has 0 unspecified atom stereocenters. The van der Waals surface area contributed by atoms with Crippen molar-refractivity contribution in [2.75, 3.05) is 14.2 Å². The molecule has 1 aromatic carbocycles. The maximum Gasteiger partial charge on any atom is 0.233 e. The van der Waals surface area contributed by atoms with Crippen molar-refractivity contribution in [1.82, 2.24) is 5.32 Å². The third-order valence-electron chi connectivity index (χ3n) is 3.74. The van der Waals surface area contributed by atoms with Crippen LogP contribution in [0.25, 0.3) is 0 Å². The van der Waals surface area contributed by atoms with Crippen LogP contribution in [0.3, 0.4) is 0 Å². The van der Waals surface area contributed by atoms with Gasteiger partial charge in [-0.2, -0.15) is 0 Å². The van der Waals surface area contributed by atoms with Crippen LogP contribution in [0.15, 0.2) is 23.1 Å². The van der Waals surface area contributed by atoms with E-state index >= 15 is 0 Å². The van der Waals surface area contributed by atoms with Crippen LogP contribution in [-0.2, 0) is 4.79 Å². The average molecular weight is 309 g/mol. The van der Waals surface area contributed by atoms with E-state index in [1.54, 1.807) is 14.2 Å². The van der Waals surface area contributed by atoms with Gasteiger partial charge in [0.1, 0.15) is 0 Å². The first-order valence-electron chi connectivity index (χ1n) is 7.33. The van der Waals surface area contributed by atoms with Crippen molar-refractivity contribution in [3.63, 3.8) is 0 Å². The summed E-state index contributed by atoms with van der Waals surface area (Å²) in [5.41, 5.74) is 0. The van der Waals surface area contributed by atoms with E-state index in [4.69, 9.17) is 9.47 Å². The van der Waals surface area contributed by atoms with E-state index in [0.717, 1.165) is 17.7 Å². The largest absolute Gasteiger partial charge is 0.493 e. The van der Waals surface area contributed by atoms with E-state index in [2.05, 4.69) is 5.32 Å². The Bertz CT molecular complexity index is 486. The SMILES string of the molecule is COc1ccc(S[C@@H](C)C(=O)NC2CCCC2)cc1OC. The minimum absolute atomic E-state index is 0.113. The summed E-state index contributed by atoms with van der Waals surface area (Å²) in [6, 6.07) is 6.09. The standard InChI is InChI=1S/C16H23NO3S/c1-11(16(18)17-12-6-4-5-7-12)21-13-8-9-14(19-2)15(10-13)20-3/h8-12H,4-7H2,1-3H3,(H,17,18)/t11-/m0/s1. The lowest BCUT2D eigenvalue weighted by molar-refractivity contribution is -0.120. The monoisotopic (exact) mass is 309 g/mol. The summed E-state index contributed by atoms with van der Waals surface area (Å²) in [5.74, 6) is 1.50. The first-order valence-corrected chi connectivity index (χ1v) is 8.21. The number of rotatable bonds is 6. The first-order chi connectivity index (χ1) is 10.1. The molecule has 1 N–H and O–H groups in total. The van der Waals surface area contributed by atoms with Crippen LogP contribution in [0, 0.1) is 0 Å². The summed E-state index contributed by atoms with van der Waals surface area (Å²) in [7, 11) is 3.23. The van der Waals surface area contributed by atoms with Gasteiger partial charge in [-0.15, -0.1) is 11.8 Å². The van der Waals surface area contributed by atoms with Crippen LogP contribution in [0.4, 0.5) is 0 Å². The number of carbonyl (C=O) groups is 1. The number of ether oxygens (including phenoxy) is 2. The van der Waals surface area contributed by atoms with Crippen molar-refractivity contribution in [3.8, 4) is 11.5 Å². The molecule has 1 fully saturated rings. The van der Waals surface area contributed by atoms with E-state index in [1.807, 2.05) is 25.1 Å². The predicted octanol–water partition coefficient (Wildman–Crippen LogP) is 3.24. The van der Waals surface area contributed by atoms with Gasteiger partial charge in [0.05, 0.1) is 19.5 Å². The second-order valence-corrected chi connectivity index (χ2v) is 6.68. The maximum absolute atomic E-state index is 12.2. The van der Waals surface area contributed by atoms with Gasteiger partial charge in [0.25, 0.3) is 0 Å². The van der Waals surface area contributed by atoms with Gasteiger partial charge in [0.2, 0.25) is 5.91 Å². The molecule has 5 heteroatoms. The molecule has 1 saturated carbocycles. The van der Waals surface area contributed by atoms with E-state index < -0.39 is 0 Å². The van der Waals surface area contributed by atoms with E-state index in [9.17, 15) is 4.79 Å². The van der Waals surface area contributed by atoms with Crippen LogP contribution in [0.1, 0.15) is 32.6 Å². The zero-order chi connectivity index (χ0) is 15.2. The molecule has 1 atom stereocenters. The molecule has 0 aromatic heterocycles. The summed E-state index contributed by atoms with van der Waals surface area (Å²) in [4.78, 5) is 13.2. The summed E-state index contributed by atoms with van der Waals surface area (Å²) < 4.78 is 10.5. The second-order valence-electron chi connectivity index (χ2n) is 5.27. The smallest absolute Gasteiger partial charge is 0.233 e. The number of carbonyl (C=O) groups excluding carboxylic acids is 1. The molecule has 4 nitrogen and oxygen atoms in total. The first kappa shape index (κ1) is 16.0. The third kappa shape index (κ3) is 4.30. The van der Waals surface area contributed by atoms with Crippen LogP contribution in [-0.4, -0.2) is 31.4 Å². The molecule has 0 bridgehead atoms. The lowest BCUT2D eigenvalue weighted by Crippen LogP contribution is -2.37. The molecular formula is C16H23NO3S. The Morgan fingerprint density at radius 2 is 1.90 bits per heavy atom. The Hall–Kier alpha value is -1.36. The van der Waals surface area contributed by atoms with Gasteiger partial charge in [-0.3, -0.25) is 4.79 Å². The number of amides is 1. The highest BCUT2D eigenvalue weighted by atomic mass is 32.2. The zero-order valence-corrected chi connectivity index (χ0v) is 13.7. The molecule has 116 valence electrons. The molecule has 1 aromatic rings. The molecule has 1 aliphatic carbocycles. The van der Waals surface area contributed by atoms with Crippen LogP contribution >= 0.6 is 11.8 Å². The van der Waals surface area contributed by atoms with Gasteiger partial charge in [-0.1, -0.05) is 12.8 Å². The average Bonchev–Trinajstić information content (AvgIpc) is 2.99. The number of methoxy groups -OCH3 is 2. The number of hydrogen-bond donors (Lipinski definition) is 1. The summed E-state index contributed by atoms with van der Waals surface area (Å²) in [6.45, 7) is 1.94. The fourth-order valence-electron chi connectivity index (χ4n) is 2.54. The molecule has 2 rings (SSSR count). The van der Waals surface area contributed by atoms with Crippen molar-refractivity contribution in [2.45, 2.75) is 48.8 Å². The molecule has 0 heterocycles. The highest BCUT2D eigenvalue weighted by Gasteiger charge is 2.21. The lowest BCUT2D eigenvalue weighted by atomic mass is 10.2. The number of nitrogens with one attached hydrogen (secondary N) is 1. The second kappa shape index (κ2) is 7.59. The normalized spacial score (nSPS) is 16.5. The quantitative estimate of drug-likeness (QED) is 0.820. The Balaban J connectivity index is 1.94. The molecule has 1 amide bonds. The van der Waals surface area contributed by atoms with E-state index in [-0.39, 0.29) is 11.2 Å². The summed E-state index contributed by atoms with van der Waals surface area (Å²) in [5, 5.41) is 3.01. The van der Waals surface area contributed by atoms with Crippen molar-refractivity contribution >= 4 is 17.7 Å². The van der Waals surface area contributed by atoms with Crippen LogP contribution in [0.2, 0.25) is 0 Å². The van der Waals surface area contributed by atoms with Gasteiger partial charge < -0.3 is 14.8 Å². The van der Waals surface area contributed by atoms with Gasteiger partial charge in [-0.05, 0) is 38.0 Å². The lowest BCUT2D eigenvalue weighted by Gasteiger charge is -2.17. The van der Waals surface area contributed by atoms with Gasteiger partial charge in [0.15, 0.2) is 11.5 Å². The molecule has 1 aliphatic rings. The third-order valence-corrected chi connectivity index (χ3v) is 4.83. The molecule has 21 heavy (non-hydrogen) atoms. The van der Waals surface area contributed by atoms with Crippen molar-refractivity contribution in [1.29, 1.82) is 0 Å². The Labute approximate surface area is 130 Å². The zero-order valence-electron chi connectivity index (χ0n) is 12.8. The molecular weight excluding hydrogens is 286 g/mol. The van der Waals surface area contributed by atoms with Gasteiger partial charge in [-0.25, -0.2) is 0 Å². The van der Waals surface area contributed by atoms with Gasteiger partial charge >= 0.3 is 0 Å². The number of benzene rings is 1. The van der Waals surface area contributed by atoms with Crippen molar-refractivity contribution < 1.29 is 14.3 Å². The van der Waals surface area contributed by atoms with Gasteiger partial charge in [0, 0.05) is 10.9 Å². The van der Waals surface area contributed by atoms with E-state index in [1.165, 1.54) is 24.6 Å². The number of thioether (sulfide) groups is 1. The minimum atomic E-state index is -0.122. The Morgan fingerprint density at radius 3 is 2.52 bits per heavy atom. The van der Waals surface area contributed by atoms with E-state index in [0.29, 0.717) is 17.5 Å². The number of hydrogen-bond acceptors (Lipinski definition) is 4. The maximum atomic E-state index is 12.2. The molecule has 0 saturated heterocycles. The molecule has 0 radical (unpaired) electrons. The highest BCUT2D eigenvalue weighted by Crippen LogP contribution is 2.33. The van der Waals surface area contributed by atoms with Crippen molar-refractivity contribution in [2.24, 2.45) is 0 Å². The fraction of sp³-hybridized carbons (Fsp3) is 0.562. The summed E-state index contributed by atoms with van der Waals surface area (Å²) >= 11 is 1.54.